The fourth-order valence-corrected chi connectivity index (χ4v) is 12.8. The summed E-state index contributed by atoms with van der Waals surface area (Å²) in [7, 11) is 0. The summed E-state index contributed by atoms with van der Waals surface area (Å²) in [5.41, 5.74) is 16.1. The van der Waals surface area contributed by atoms with Gasteiger partial charge in [-0.15, -0.1) is 0 Å². The summed E-state index contributed by atoms with van der Waals surface area (Å²) in [5, 5.41) is 18.0. The van der Waals surface area contributed by atoms with E-state index in [9.17, 15) is 0 Å². The quantitative estimate of drug-likeness (QED) is 0.124. The maximum Gasteiger partial charge on any atom is 0.0562 e. The minimum Gasteiger partial charge on any atom is -0.309 e. The van der Waals surface area contributed by atoms with Crippen molar-refractivity contribution in [3.05, 3.63) is 198 Å². The van der Waals surface area contributed by atoms with Gasteiger partial charge >= 0.3 is 0 Å². The minimum absolute atomic E-state index is 0.0141. The molecule has 3 heteroatoms. The molecule has 0 N–H and O–H groups in total. The molecule has 0 aliphatic rings. The molecule has 0 aliphatic heterocycles. The van der Waals surface area contributed by atoms with Crippen molar-refractivity contribution in [1.82, 2.24) is 13.7 Å². The summed E-state index contributed by atoms with van der Waals surface area (Å²) in [5.74, 6) is 0. The highest BCUT2D eigenvalue weighted by molar-refractivity contribution is 6.34. The van der Waals surface area contributed by atoms with Crippen molar-refractivity contribution >= 4 is 109 Å². The van der Waals surface area contributed by atoms with Crippen molar-refractivity contribution in [2.45, 2.75) is 105 Å². The molecule has 11 aromatic carbocycles. The van der Waals surface area contributed by atoms with E-state index in [1.165, 1.54) is 136 Å². The summed E-state index contributed by atoms with van der Waals surface area (Å²) < 4.78 is 7.62. The smallest absolute Gasteiger partial charge is 0.0562 e. The molecule has 0 amide bonds. The molecule has 3 nitrogen and oxygen atoms in total. The Morgan fingerprint density at radius 2 is 0.573 bits per heavy atom. The molecule has 0 aliphatic carbocycles. The Balaban J connectivity index is 1.10. The molecule has 14 aromatic rings. The Morgan fingerprint density at radius 3 is 0.960 bits per heavy atom. The molecule has 3 heterocycles. The molecule has 0 unspecified atom stereocenters. The second kappa shape index (κ2) is 15.4. The number of nitrogens with zero attached hydrogens (tertiary/aromatic N) is 3. The van der Waals surface area contributed by atoms with Gasteiger partial charge in [-0.05, 0) is 160 Å². The first kappa shape index (κ1) is 45.7. The van der Waals surface area contributed by atoms with Gasteiger partial charge in [0.05, 0.1) is 38.8 Å². The Bertz CT molecular complexity index is 4330. The van der Waals surface area contributed by atoms with Gasteiger partial charge < -0.3 is 13.7 Å². The summed E-state index contributed by atoms with van der Waals surface area (Å²) in [6, 6.07) is 68.4. The van der Waals surface area contributed by atoms with E-state index < -0.39 is 0 Å². The van der Waals surface area contributed by atoms with Crippen LogP contribution in [0.3, 0.4) is 0 Å². The van der Waals surface area contributed by atoms with Crippen molar-refractivity contribution in [1.29, 1.82) is 0 Å². The molecule has 0 atom stereocenters. The van der Waals surface area contributed by atoms with Crippen LogP contribution in [-0.2, 0) is 21.7 Å². The minimum atomic E-state index is 0.0141. The lowest BCUT2D eigenvalue weighted by molar-refractivity contribution is 0.590. The monoisotopic (exact) mass is 972 g/mol. The van der Waals surface area contributed by atoms with Crippen LogP contribution in [0.1, 0.15) is 105 Å². The lowest BCUT2D eigenvalue weighted by Crippen LogP contribution is -2.10. The predicted octanol–water partition coefficient (Wildman–Crippen LogP) is 20.2. The molecule has 0 bridgehead atoms. The lowest BCUT2D eigenvalue weighted by atomic mass is 9.85. The standard InChI is InChI=1S/C72H65N3/c1-69(2,3)43-22-31-61-56(36-43)57-37-44(70(4,5)6)23-32-62(57)73(61)47-26-28-49-50-29-27-48(74-63-33-24-45(71(7,8)9)38-58(63)59-39-46(72(10,11)12)25-34-64(59)74)41-66(50)75(65(49)40-47)60-35-30-54-52-19-14-17-42-16-13-18-51(67(42)52)53-20-15-21-55(60)68(53)54/h13-41H,1-12H3. The topological polar surface area (TPSA) is 14.8 Å². The summed E-state index contributed by atoms with van der Waals surface area (Å²) in [6.45, 7) is 27.8. The van der Waals surface area contributed by atoms with Crippen LogP contribution in [0, 0.1) is 0 Å². The molecule has 14 rings (SSSR count). The van der Waals surface area contributed by atoms with Gasteiger partial charge in [0.25, 0.3) is 0 Å². The van der Waals surface area contributed by atoms with E-state index in [1.54, 1.807) is 0 Å². The van der Waals surface area contributed by atoms with E-state index in [4.69, 9.17) is 0 Å². The highest BCUT2D eigenvalue weighted by Crippen LogP contribution is 2.46. The first-order valence-electron chi connectivity index (χ1n) is 27.1. The van der Waals surface area contributed by atoms with E-state index in [0.29, 0.717) is 0 Å². The number of benzene rings is 11. The second-order valence-corrected chi connectivity index (χ2v) is 25.9. The van der Waals surface area contributed by atoms with Crippen LogP contribution in [0.4, 0.5) is 0 Å². The van der Waals surface area contributed by atoms with Gasteiger partial charge in [-0.3, -0.25) is 0 Å². The van der Waals surface area contributed by atoms with Crippen molar-refractivity contribution in [3.8, 4) is 17.1 Å². The van der Waals surface area contributed by atoms with Crippen LogP contribution < -0.4 is 0 Å². The number of hydrogen-bond acceptors (Lipinski definition) is 0. The highest BCUT2D eigenvalue weighted by atomic mass is 15.0. The van der Waals surface area contributed by atoms with E-state index in [0.717, 1.165) is 11.4 Å². The van der Waals surface area contributed by atoms with Crippen molar-refractivity contribution < 1.29 is 0 Å². The molecular formula is C72H65N3. The van der Waals surface area contributed by atoms with Gasteiger partial charge in [-0.1, -0.05) is 180 Å². The molecular weight excluding hydrogens is 907 g/mol. The Morgan fingerprint density at radius 1 is 0.240 bits per heavy atom. The molecule has 3 aromatic heterocycles. The van der Waals surface area contributed by atoms with Crippen molar-refractivity contribution in [2.24, 2.45) is 0 Å². The molecule has 0 fully saturated rings. The molecule has 0 radical (unpaired) electrons. The van der Waals surface area contributed by atoms with Gasteiger partial charge in [-0.2, -0.15) is 0 Å². The van der Waals surface area contributed by atoms with E-state index >= 15 is 0 Å². The largest absolute Gasteiger partial charge is 0.309 e. The highest BCUT2D eigenvalue weighted by Gasteiger charge is 2.26. The fraction of sp³-hybridized carbons (Fsp3) is 0.222. The molecule has 0 spiro atoms. The zero-order valence-corrected chi connectivity index (χ0v) is 45.6. The number of fused-ring (bicyclic) bond motifs is 11. The van der Waals surface area contributed by atoms with Crippen molar-refractivity contribution in [2.75, 3.05) is 0 Å². The van der Waals surface area contributed by atoms with Crippen LogP contribution in [0.5, 0.6) is 0 Å². The van der Waals surface area contributed by atoms with Crippen LogP contribution in [0.25, 0.3) is 126 Å². The maximum absolute atomic E-state index is 2.59. The van der Waals surface area contributed by atoms with Crippen LogP contribution in [0.2, 0.25) is 0 Å². The van der Waals surface area contributed by atoms with Gasteiger partial charge in [0.15, 0.2) is 0 Å². The summed E-state index contributed by atoms with van der Waals surface area (Å²) in [6.07, 6.45) is 0. The fourth-order valence-electron chi connectivity index (χ4n) is 12.8. The first-order valence-corrected chi connectivity index (χ1v) is 27.1. The first-order chi connectivity index (χ1) is 35.7. The molecule has 75 heavy (non-hydrogen) atoms. The number of aromatic nitrogens is 3. The summed E-state index contributed by atoms with van der Waals surface area (Å²) in [4.78, 5) is 0. The Labute approximate surface area is 439 Å². The van der Waals surface area contributed by atoms with Crippen molar-refractivity contribution in [3.63, 3.8) is 0 Å². The second-order valence-electron chi connectivity index (χ2n) is 25.9. The van der Waals surface area contributed by atoms with Crippen LogP contribution >= 0.6 is 0 Å². The van der Waals surface area contributed by atoms with E-state index in [-0.39, 0.29) is 21.7 Å². The average molecular weight is 972 g/mol. The third-order valence-corrected chi connectivity index (χ3v) is 17.0. The normalized spacial score (nSPS) is 13.3. The zero-order chi connectivity index (χ0) is 51.8. The van der Waals surface area contributed by atoms with Crippen LogP contribution in [0.15, 0.2) is 176 Å². The lowest BCUT2D eigenvalue weighted by Gasteiger charge is -2.19. The molecule has 368 valence electrons. The third kappa shape index (κ3) is 6.72. The predicted molar refractivity (Wildman–Crippen MR) is 325 cm³/mol. The summed E-state index contributed by atoms with van der Waals surface area (Å²) >= 11 is 0. The molecule has 0 saturated heterocycles. The van der Waals surface area contributed by atoms with Gasteiger partial charge in [0.2, 0.25) is 0 Å². The van der Waals surface area contributed by atoms with Gasteiger partial charge in [0.1, 0.15) is 0 Å². The third-order valence-electron chi connectivity index (χ3n) is 17.0. The van der Waals surface area contributed by atoms with E-state index in [2.05, 4.69) is 273 Å². The Hall–Kier alpha value is -7.88. The van der Waals surface area contributed by atoms with Gasteiger partial charge in [0, 0.05) is 49.1 Å². The van der Waals surface area contributed by atoms with Crippen LogP contribution in [-0.4, -0.2) is 13.7 Å². The number of hydrogen-bond donors (Lipinski definition) is 0. The number of rotatable bonds is 3. The molecule has 0 saturated carbocycles. The maximum atomic E-state index is 2.59. The average Bonchev–Trinajstić information content (AvgIpc) is 4.03. The Kier molecular flexibility index (Phi) is 9.36. The zero-order valence-electron chi connectivity index (χ0n) is 45.6. The SMILES string of the molecule is CC(C)(C)c1ccc2c(c1)c1cc(C(C)(C)C)ccc1n2-c1ccc2c3ccc(-n4c5ccc(C(C)(C)C)cc5c5cc(C(C)(C)C)ccc54)cc3n(-c3ccc4c5cccc6cccc(c7cccc3c74)c65)c2c1. The van der Waals surface area contributed by atoms with Gasteiger partial charge in [-0.25, -0.2) is 0 Å². The van der Waals surface area contributed by atoms with E-state index in [1.807, 2.05) is 0 Å².